The molecule has 1 aromatic carbocycles. The summed E-state index contributed by atoms with van der Waals surface area (Å²) in [4.78, 5) is 14.4. The van der Waals surface area contributed by atoms with E-state index < -0.39 is 0 Å². The molecule has 1 aromatic rings. The first-order valence-electron chi connectivity index (χ1n) is 7.57. The molecule has 0 aromatic heterocycles. The van der Waals surface area contributed by atoms with Crippen molar-refractivity contribution >= 4 is 5.78 Å². The molecule has 0 aliphatic rings. The number of halogens is 1. The number of unbranched alkanes of at least 4 members (excludes halogenated alkanes) is 1. The normalized spacial score (nSPS) is 12.7. The van der Waals surface area contributed by atoms with E-state index in [0.717, 1.165) is 31.4 Å². The third-order valence-electron chi connectivity index (χ3n) is 3.71. The van der Waals surface area contributed by atoms with Crippen LogP contribution in [0.1, 0.15) is 45.6 Å². The SMILES string of the molecule is CCCCN(CC(=O)Cc1ccc(F)cc1)C(C)CC. The van der Waals surface area contributed by atoms with E-state index in [-0.39, 0.29) is 11.6 Å². The minimum absolute atomic E-state index is 0.202. The van der Waals surface area contributed by atoms with E-state index >= 15 is 0 Å². The number of hydrogen-bond donors (Lipinski definition) is 0. The van der Waals surface area contributed by atoms with Gasteiger partial charge in [-0.2, -0.15) is 0 Å². The van der Waals surface area contributed by atoms with Crippen LogP contribution in [0.2, 0.25) is 0 Å². The molecule has 0 saturated carbocycles. The number of Topliss-reactive ketones (excluding diaryl/α,β-unsaturated/α-hetero) is 1. The first-order valence-corrected chi connectivity index (χ1v) is 7.57. The Hall–Kier alpha value is -1.22. The molecule has 0 aliphatic heterocycles. The van der Waals surface area contributed by atoms with Gasteiger partial charge in [-0.05, 0) is 44.0 Å². The highest BCUT2D eigenvalue weighted by Gasteiger charge is 2.15. The fourth-order valence-electron chi connectivity index (χ4n) is 2.19. The van der Waals surface area contributed by atoms with Gasteiger partial charge in [-0.15, -0.1) is 0 Å². The predicted octanol–water partition coefficient (Wildman–Crippen LogP) is 3.84. The number of nitrogens with zero attached hydrogens (tertiary/aromatic N) is 1. The van der Waals surface area contributed by atoms with Crippen molar-refractivity contribution in [2.24, 2.45) is 0 Å². The molecule has 20 heavy (non-hydrogen) atoms. The highest BCUT2D eigenvalue weighted by Crippen LogP contribution is 2.08. The number of carbonyl (C=O) groups is 1. The summed E-state index contributed by atoms with van der Waals surface area (Å²) in [5.74, 6) is -0.0570. The van der Waals surface area contributed by atoms with Crippen LogP contribution in [0.4, 0.5) is 4.39 Å². The summed E-state index contributed by atoms with van der Waals surface area (Å²) in [7, 11) is 0. The van der Waals surface area contributed by atoms with Crippen molar-refractivity contribution in [3.05, 3.63) is 35.6 Å². The maximum Gasteiger partial charge on any atom is 0.151 e. The molecule has 0 amide bonds. The van der Waals surface area contributed by atoms with Crippen molar-refractivity contribution in [2.75, 3.05) is 13.1 Å². The van der Waals surface area contributed by atoms with Crippen LogP contribution in [0.3, 0.4) is 0 Å². The summed E-state index contributed by atoms with van der Waals surface area (Å²) in [6, 6.07) is 6.62. The van der Waals surface area contributed by atoms with Gasteiger partial charge in [0.15, 0.2) is 5.78 Å². The van der Waals surface area contributed by atoms with E-state index in [0.29, 0.717) is 19.0 Å². The molecule has 2 nitrogen and oxygen atoms in total. The fraction of sp³-hybridized carbons (Fsp3) is 0.588. The molecule has 0 N–H and O–H groups in total. The average molecular weight is 279 g/mol. The Kier molecular flexibility index (Phi) is 7.45. The predicted molar refractivity (Wildman–Crippen MR) is 81.3 cm³/mol. The molecule has 3 heteroatoms. The van der Waals surface area contributed by atoms with Gasteiger partial charge in [-0.3, -0.25) is 9.69 Å². The monoisotopic (exact) mass is 279 g/mol. The molecule has 0 bridgehead atoms. The summed E-state index contributed by atoms with van der Waals surface area (Å²) < 4.78 is 12.8. The second-order valence-corrected chi connectivity index (χ2v) is 5.42. The highest BCUT2D eigenvalue weighted by atomic mass is 19.1. The Balaban J connectivity index is 2.54. The van der Waals surface area contributed by atoms with E-state index in [1.165, 1.54) is 12.1 Å². The minimum Gasteiger partial charge on any atom is -0.298 e. The molecule has 1 unspecified atom stereocenters. The first kappa shape index (κ1) is 16.8. The van der Waals surface area contributed by atoms with Crippen LogP contribution in [-0.2, 0) is 11.2 Å². The minimum atomic E-state index is -0.259. The zero-order valence-electron chi connectivity index (χ0n) is 12.9. The fourth-order valence-corrected chi connectivity index (χ4v) is 2.19. The molecule has 1 atom stereocenters. The molecule has 112 valence electrons. The van der Waals surface area contributed by atoms with Crippen molar-refractivity contribution in [3.8, 4) is 0 Å². The van der Waals surface area contributed by atoms with Gasteiger partial charge in [0.1, 0.15) is 5.82 Å². The standard InChI is InChI=1S/C17H26FNO/c1-4-6-11-19(14(3)5-2)13-17(20)12-15-7-9-16(18)10-8-15/h7-10,14H,4-6,11-13H2,1-3H3. The summed E-state index contributed by atoms with van der Waals surface area (Å²) in [5.41, 5.74) is 0.885. The van der Waals surface area contributed by atoms with E-state index in [2.05, 4.69) is 25.7 Å². The van der Waals surface area contributed by atoms with Crippen molar-refractivity contribution < 1.29 is 9.18 Å². The summed E-state index contributed by atoms with van der Waals surface area (Å²) >= 11 is 0. The van der Waals surface area contributed by atoms with E-state index in [1.807, 2.05) is 0 Å². The van der Waals surface area contributed by atoms with Gasteiger partial charge >= 0.3 is 0 Å². The van der Waals surface area contributed by atoms with E-state index in [9.17, 15) is 9.18 Å². The Morgan fingerprint density at radius 3 is 2.45 bits per heavy atom. The maximum absolute atomic E-state index is 12.8. The number of hydrogen-bond acceptors (Lipinski definition) is 2. The number of benzene rings is 1. The molecule has 0 spiro atoms. The van der Waals surface area contributed by atoms with Gasteiger partial charge in [-0.25, -0.2) is 4.39 Å². The molecule has 0 fully saturated rings. The molecular weight excluding hydrogens is 253 g/mol. The van der Waals surface area contributed by atoms with Crippen LogP contribution in [0.15, 0.2) is 24.3 Å². The first-order chi connectivity index (χ1) is 9.56. The summed E-state index contributed by atoms with van der Waals surface area (Å²) in [6.45, 7) is 7.94. The van der Waals surface area contributed by atoms with Crippen LogP contribution in [-0.4, -0.2) is 29.8 Å². The van der Waals surface area contributed by atoms with Crippen molar-refractivity contribution in [3.63, 3.8) is 0 Å². The number of carbonyl (C=O) groups excluding carboxylic acids is 1. The zero-order valence-corrected chi connectivity index (χ0v) is 12.9. The Morgan fingerprint density at radius 2 is 1.90 bits per heavy atom. The van der Waals surface area contributed by atoms with Crippen molar-refractivity contribution in [1.29, 1.82) is 0 Å². The molecule has 0 aliphatic carbocycles. The molecule has 1 rings (SSSR count). The second-order valence-electron chi connectivity index (χ2n) is 5.42. The van der Waals surface area contributed by atoms with Gasteiger partial charge < -0.3 is 0 Å². The smallest absolute Gasteiger partial charge is 0.151 e. The van der Waals surface area contributed by atoms with Gasteiger partial charge in [0, 0.05) is 12.5 Å². The lowest BCUT2D eigenvalue weighted by Gasteiger charge is -2.27. The number of ketones is 1. The van der Waals surface area contributed by atoms with Crippen molar-refractivity contribution in [1.82, 2.24) is 4.90 Å². The lowest BCUT2D eigenvalue weighted by Crippen LogP contribution is -2.38. The third kappa shape index (κ3) is 5.83. The Labute approximate surface area is 122 Å². The van der Waals surface area contributed by atoms with Gasteiger partial charge in [-0.1, -0.05) is 32.4 Å². The van der Waals surface area contributed by atoms with Crippen LogP contribution in [0.25, 0.3) is 0 Å². The van der Waals surface area contributed by atoms with Crippen LogP contribution in [0, 0.1) is 5.82 Å². The summed E-state index contributed by atoms with van der Waals surface area (Å²) in [5, 5.41) is 0. The van der Waals surface area contributed by atoms with E-state index in [4.69, 9.17) is 0 Å². The lowest BCUT2D eigenvalue weighted by molar-refractivity contribution is -0.120. The molecule has 0 radical (unpaired) electrons. The maximum atomic E-state index is 12.8. The van der Waals surface area contributed by atoms with Crippen LogP contribution in [0.5, 0.6) is 0 Å². The Bertz CT molecular complexity index is 402. The topological polar surface area (TPSA) is 20.3 Å². The average Bonchev–Trinajstić information content (AvgIpc) is 2.45. The molecule has 0 heterocycles. The van der Waals surface area contributed by atoms with Gasteiger partial charge in [0.25, 0.3) is 0 Å². The summed E-state index contributed by atoms with van der Waals surface area (Å²) in [6.07, 6.45) is 3.69. The van der Waals surface area contributed by atoms with Crippen LogP contribution >= 0.6 is 0 Å². The zero-order chi connectivity index (χ0) is 15.0. The lowest BCUT2D eigenvalue weighted by atomic mass is 10.1. The largest absolute Gasteiger partial charge is 0.298 e. The van der Waals surface area contributed by atoms with Gasteiger partial charge in [0.05, 0.1) is 6.54 Å². The molecule has 0 saturated heterocycles. The number of rotatable bonds is 9. The second kappa shape index (κ2) is 8.85. The quantitative estimate of drug-likeness (QED) is 0.684. The van der Waals surface area contributed by atoms with Gasteiger partial charge in [0.2, 0.25) is 0 Å². The third-order valence-corrected chi connectivity index (χ3v) is 3.71. The van der Waals surface area contributed by atoms with E-state index in [1.54, 1.807) is 12.1 Å². The highest BCUT2D eigenvalue weighted by molar-refractivity contribution is 5.82. The van der Waals surface area contributed by atoms with Crippen molar-refractivity contribution in [2.45, 2.75) is 52.5 Å². The molecular formula is C17H26FNO. The Morgan fingerprint density at radius 1 is 1.25 bits per heavy atom. The van der Waals surface area contributed by atoms with Crippen LogP contribution < -0.4 is 0 Å².